The second-order valence-corrected chi connectivity index (χ2v) is 3.05. The van der Waals surface area contributed by atoms with Gasteiger partial charge in [0.2, 0.25) is 0 Å². The van der Waals surface area contributed by atoms with Crippen LogP contribution in [-0.2, 0) is 10.6 Å². The summed E-state index contributed by atoms with van der Waals surface area (Å²) in [4.78, 5) is 11.2. The van der Waals surface area contributed by atoms with Crippen molar-refractivity contribution in [2.45, 2.75) is 5.88 Å². The standard InChI is InChI=1S/C9H8Cl2O2/c1-13-9(12)7-4-2-3-6(5-10)8(7)11/h2-4H,5H2,1H3. The molecule has 0 fully saturated rings. The lowest BCUT2D eigenvalue weighted by Crippen LogP contribution is -2.02. The van der Waals surface area contributed by atoms with Gasteiger partial charge < -0.3 is 4.74 Å². The Morgan fingerprint density at radius 2 is 2.23 bits per heavy atom. The predicted octanol–water partition coefficient (Wildman–Crippen LogP) is 2.87. The lowest BCUT2D eigenvalue weighted by molar-refractivity contribution is 0.0601. The maximum absolute atomic E-state index is 11.2. The molecule has 2 nitrogen and oxygen atoms in total. The molecule has 0 saturated heterocycles. The molecule has 4 heteroatoms. The average Bonchev–Trinajstić information content (AvgIpc) is 2.17. The predicted molar refractivity (Wildman–Crippen MR) is 52.3 cm³/mol. The van der Waals surface area contributed by atoms with Crippen LogP contribution in [0, 0.1) is 0 Å². The molecular weight excluding hydrogens is 211 g/mol. The number of carbonyl (C=O) groups excluding carboxylic acids is 1. The van der Waals surface area contributed by atoms with Gasteiger partial charge in [0, 0.05) is 5.88 Å². The highest BCUT2D eigenvalue weighted by Crippen LogP contribution is 2.23. The minimum atomic E-state index is -0.447. The van der Waals surface area contributed by atoms with E-state index >= 15 is 0 Å². The van der Waals surface area contributed by atoms with Crippen LogP contribution in [0.2, 0.25) is 5.02 Å². The molecule has 0 amide bonds. The first kappa shape index (κ1) is 10.4. The van der Waals surface area contributed by atoms with Gasteiger partial charge in [-0.05, 0) is 11.6 Å². The summed E-state index contributed by atoms with van der Waals surface area (Å²) in [6.07, 6.45) is 0. The van der Waals surface area contributed by atoms with E-state index < -0.39 is 5.97 Å². The minimum Gasteiger partial charge on any atom is -0.465 e. The smallest absolute Gasteiger partial charge is 0.339 e. The van der Waals surface area contributed by atoms with Gasteiger partial charge in [-0.25, -0.2) is 4.79 Å². The summed E-state index contributed by atoms with van der Waals surface area (Å²) < 4.78 is 4.55. The Morgan fingerprint density at radius 1 is 1.54 bits per heavy atom. The van der Waals surface area contributed by atoms with E-state index in [-0.39, 0.29) is 5.88 Å². The van der Waals surface area contributed by atoms with Gasteiger partial charge in [0.05, 0.1) is 17.7 Å². The molecule has 0 saturated carbocycles. The van der Waals surface area contributed by atoms with Crippen LogP contribution >= 0.6 is 23.2 Å². The minimum absolute atomic E-state index is 0.281. The summed E-state index contributed by atoms with van der Waals surface area (Å²) in [6.45, 7) is 0. The van der Waals surface area contributed by atoms with Gasteiger partial charge in [-0.3, -0.25) is 0 Å². The molecule has 1 rings (SSSR count). The van der Waals surface area contributed by atoms with E-state index in [0.29, 0.717) is 10.6 Å². The first-order valence-electron chi connectivity index (χ1n) is 3.62. The zero-order chi connectivity index (χ0) is 9.84. The third kappa shape index (κ3) is 2.14. The monoisotopic (exact) mass is 218 g/mol. The molecule has 1 aromatic carbocycles. The van der Waals surface area contributed by atoms with Crippen LogP contribution in [0.15, 0.2) is 18.2 Å². The molecule has 1 aromatic rings. The first-order valence-corrected chi connectivity index (χ1v) is 4.53. The molecule has 70 valence electrons. The second kappa shape index (κ2) is 4.49. The normalized spacial score (nSPS) is 9.77. The Bertz CT molecular complexity index is 323. The van der Waals surface area contributed by atoms with Gasteiger partial charge in [-0.15, -0.1) is 11.6 Å². The highest BCUT2D eigenvalue weighted by atomic mass is 35.5. The summed E-state index contributed by atoms with van der Waals surface area (Å²) in [7, 11) is 1.31. The number of esters is 1. The number of hydrogen-bond donors (Lipinski definition) is 0. The van der Waals surface area contributed by atoms with Crippen molar-refractivity contribution in [1.82, 2.24) is 0 Å². The highest BCUT2D eigenvalue weighted by Gasteiger charge is 2.12. The molecule has 0 aromatic heterocycles. The van der Waals surface area contributed by atoms with Gasteiger partial charge in [0.1, 0.15) is 0 Å². The number of hydrogen-bond acceptors (Lipinski definition) is 2. The number of ether oxygens (including phenoxy) is 1. The molecule has 0 aliphatic rings. The summed E-state index contributed by atoms with van der Waals surface area (Å²) in [5.74, 6) is -0.166. The van der Waals surface area contributed by atoms with Crippen LogP contribution in [0.5, 0.6) is 0 Å². The van der Waals surface area contributed by atoms with E-state index in [9.17, 15) is 4.79 Å². The zero-order valence-electron chi connectivity index (χ0n) is 7.01. The number of halogens is 2. The fourth-order valence-corrected chi connectivity index (χ4v) is 1.51. The van der Waals surface area contributed by atoms with Crippen molar-refractivity contribution in [3.05, 3.63) is 34.3 Å². The first-order chi connectivity index (χ1) is 6.20. The third-order valence-electron chi connectivity index (χ3n) is 1.63. The number of carbonyl (C=O) groups is 1. The van der Waals surface area contributed by atoms with Crippen molar-refractivity contribution in [3.8, 4) is 0 Å². The summed E-state index contributed by atoms with van der Waals surface area (Å²) >= 11 is 11.5. The van der Waals surface area contributed by atoms with Crippen LogP contribution in [0.3, 0.4) is 0 Å². The lowest BCUT2D eigenvalue weighted by atomic mass is 10.1. The van der Waals surface area contributed by atoms with E-state index in [0.717, 1.165) is 5.56 Å². The SMILES string of the molecule is COC(=O)c1cccc(CCl)c1Cl. The van der Waals surface area contributed by atoms with Gasteiger partial charge in [-0.2, -0.15) is 0 Å². The van der Waals surface area contributed by atoms with Gasteiger partial charge in [0.15, 0.2) is 0 Å². The van der Waals surface area contributed by atoms with Crippen molar-refractivity contribution in [1.29, 1.82) is 0 Å². The maximum Gasteiger partial charge on any atom is 0.339 e. The zero-order valence-corrected chi connectivity index (χ0v) is 8.52. The van der Waals surface area contributed by atoms with Gasteiger partial charge in [0.25, 0.3) is 0 Å². The fourth-order valence-electron chi connectivity index (χ4n) is 0.951. The van der Waals surface area contributed by atoms with Gasteiger partial charge in [-0.1, -0.05) is 23.7 Å². The molecule has 0 atom stereocenters. The summed E-state index contributed by atoms with van der Waals surface area (Å²) in [6, 6.07) is 5.09. The van der Waals surface area contributed by atoms with Crippen molar-refractivity contribution >= 4 is 29.2 Å². The lowest BCUT2D eigenvalue weighted by Gasteiger charge is -2.04. The van der Waals surface area contributed by atoms with Crippen molar-refractivity contribution in [2.24, 2.45) is 0 Å². The van der Waals surface area contributed by atoms with Crippen molar-refractivity contribution in [2.75, 3.05) is 7.11 Å². The second-order valence-electron chi connectivity index (χ2n) is 2.40. The Labute approximate surface area is 86.4 Å². The molecule has 0 aliphatic heterocycles. The van der Waals surface area contributed by atoms with Crippen LogP contribution in [-0.4, -0.2) is 13.1 Å². The highest BCUT2D eigenvalue weighted by molar-refractivity contribution is 6.35. The fraction of sp³-hybridized carbons (Fsp3) is 0.222. The molecule has 0 bridgehead atoms. The molecule has 0 aliphatic carbocycles. The van der Waals surface area contributed by atoms with Crippen LogP contribution in [0.1, 0.15) is 15.9 Å². The molecule has 0 radical (unpaired) electrons. The molecule has 13 heavy (non-hydrogen) atoms. The Kier molecular flexibility index (Phi) is 3.58. The Morgan fingerprint density at radius 3 is 2.77 bits per heavy atom. The van der Waals surface area contributed by atoms with Crippen LogP contribution in [0.4, 0.5) is 0 Å². The van der Waals surface area contributed by atoms with Crippen molar-refractivity contribution in [3.63, 3.8) is 0 Å². The quantitative estimate of drug-likeness (QED) is 0.564. The largest absolute Gasteiger partial charge is 0.465 e. The van der Waals surface area contributed by atoms with Gasteiger partial charge >= 0.3 is 5.97 Å². The summed E-state index contributed by atoms with van der Waals surface area (Å²) in [5, 5.41) is 0.365. The van der Waals surface area contributed by atoms with Crippen LogP contribution in [0.25, 0.3) is 0 Å². The molecule has 0 N–H and O–H groups in total. The van der Waals surface area contributed by atoms with E-state index in [1.807, 2.05) is 0 Å². The average molecular weight is 219 g/mol. The molecule has 0 heterocycles. The van der Waals surface area contributed by atoms with Crippen LogP contribution < -0.4 is 0 Å². The molecule has 0 unspecified atom stereocenters. The summed E-state index contributed by atoms with van der Waals surface area (Å²) in [5.41, 5.74) is 1.08. The van der Waals surface area contributed by atoms with Crippen molar-refractivity contribution < 1.29 is 9.53 Å². The Hall–Kier alpha value is -0.730. The number of benzene rings is 1. The number of methoxy groups -OCH3 is 1. The number of rotatable bonds is 2. The molecular formula is C9H8Cl2O2. The van der Waals surface area contributed by atoms with E-state index in [4.69, 9.17) is 23.2 Å². The van der Waals surface area contributed by atoms with E-state index in [1.54, 1.807) is 18.2 Å². The van der Waals surface area contributed by atoms with E-state index in [1.165, 1.54) is 7.11 Å². The number of alkyl halides is 1. The molecule has 0 spiro atoms. The Balaban J connectivity index is 3.15. The third-order valence-corrected chi connectivity index (χ3v) is 2.36. The van der Waals surface area contributed by atoms with E-state index in [2.05, 4.69) is 4.74 Å². The maximum atomic E-state index is 11.2. The topological polar surface area (TPSA) is 26.3 Å².